The molecule has 1 aliphatic heterocycles. The molecule has 2 aliphatic rings. The number of carbonyl (C=O) groups excluding carboxylic acids is 1. The maximum atomic E-state index is 10.8. The second-order valence-electron chi connectivity index (χ2n) is 2.37. The molecule has 2 rings (SSSR count). The lowest BCUT2D eigenvalue weighted by Crippen LogP contribution is -2.26. The summed E-state index contributed by atoms with van der Waals surface area (Å²) < 4.78 is 0. The molecule has 1 N–H and O–H groups in total. The van der Waals surface area contributed by atoms with Crippen molar-refractivity contribution >= 4 is 5.91 Å². The zero-order chi connectivity index (χ0) is 6.97. The Morgan fingerprint density at radius 1 is 1.40 bits per heavy atom. The second kappa shape index (κ2) is 1.84. The van der Waals surface area contributed by atoms with Crippen LogP contribution < -0.4 is 5.32 Å². The van der Waals surface area contributed by atoms with Crippen molar-refractivity contribution in [3.63, 3.8) is 0 Å². The van der Waals surface area contributed by atoms with Crippen LogP contribution in [0.4, 0.5) is 0 Å². The zero-order valence-electron chi connectivity index (χ0n) is 5.37. The molecule has 0 aromatic heterocycles. The highest BCUT2D eigenvalue weighted by Gasteiger charge is 2.19. The molecule has 1 unspecified atom stereocenters. The van der Waals surface area contributed by atoms with E-state index < -0.39 is 0 Å². The van der Waals surface area contributed by atoms with Crippen molar-refractivity contribution < 1.29 is 4.79 Å². The number of amides is 1. The average molecular weight is 133 g/mol. The highest BCUT2D eigenvalue weighted by molar-refractivity contribution is 5.93. The summed E-state index contributed by atoms with van der Waals surface area (Å²) in [6.45, 7) is 0. The van der Waals surface area contributed by atoms with Gasteiger partial charge < -0.3 is 5.32 Å². The van der Waals surface area contributed by atoms with Crippen LogP contribution in [0.2, 0.25) is 0 Å². The fourth-order valence-corrected chi connectivity index (χ4v) is 1.17. The Morgan fingerprint density at radius 3 is 3.10 bits per heavy atom. The van der Waals surface area contributed by atoms with Gasteiger partial charge in [-0.25, -0.2) is 0 Å². The first-order chi connectivity index (χ1) is 4.86. The van der Waals surface area contributed by atoms with E-state index in [0.29, 0.717) is 0 Å². The Morgan fingerprint density at radius 2 is 2.30 bits per heavy atom. The lowest BCUT2D eigenvalue weighted by molar-refractivity contribution is -0.116. The summed E-state index contributed by atoms with van der Waals surface area (Å²) in [6.07, 6.45) is 9.42. The van der Waals surface area contributed by atoms with E-state index in [0.717, 1.165) is 5.57 Å². The van der Waals surface area contributed by atoms with Crippen molar-refractivity contribution in [1.82, 2.24) is 5.32 Å². The number of fused-ring (bicyclic) bond motifs is 1. The van der Waals surface area contributed by atoms with Crippen LogP contribution in [-0.2, 0) is 4.79 Å². The molecule has 1 heterocycles. The van der Waals surface area contributed by atoms with E-state index in [9.17, 15) is 4.79 Å². The summed E-state index contributed by atoms with van der Waals surface area (Å²) in [5.41, 5.74) is 1.06. The first kappa shape index (κ1) is 5.47. The number of hydrogen-bond donors (Lipinski definition) is 1. The lowest BCUT2D eigenvalue weighted by Gasteiger charge is -2.08. The highest BCUT2D eigenvalue weighted by atomic mass is 16.1. The van der Waals surface area contributed by atoms with Gasteiger partial charge in [0.2, 0.25) is 5.91 Å². The average Bonchev–Trinajstić information content (AvgIpc) is 2.27. The first-order valence-electron chi connectivity index (χ1n) is 3.23. The predicted molar refractivity (Wildman–Crippen MR) is 38.3 cm³/mol. The molecular formula is C8H7NO. The Hall–Kier alpha value is -1.31. The molecule has 0 aromatic rings. The van der Waals surface area contributed by atoms with Crippen molar-refractivity contribution in [2.45, 2.75) is 6.04 Å². The SMILES string of the molecule is O=C1C=C2C=CC=CC2N1. The molecular weight excluding hydrogens is 126 g/mol. The molecule has 1 aliphatic carbocycles. The van der Waals surface area contributed by atoms with Gasteiger partial charge in [-0.3, -0.25) is 4.79 Å². The van der Waals surface area contributed by atoms with Gasteiger partial charge in [0.25, 0.3) is 0 Å². The lowest BCUT2D eigenvalue weighted by atomic mass is 10.1. The van der Waals surface area contributed by atoms with E-state index in [1.165, 1.54) is 0 Å². The standard InChI is InChI=1S/C8H7NO/c10-8-5-6-3-1-2-4-7(6)9-8/h1-5,7H,(H,9,10). The predicted octanol–water partition coefficient (Wildman–Crippen LogP) is 0.537. The monoisotopic (exact) mass is 133 g/mol. The van der Waals surface area contributed by atoms with Crippen molar-refractivity contribution in [3.05, 3.63) is 36.0 Å². The molecule has 0 saturated carbocycles. The van der Waals surface area contributed by atoms with Gasteiger partial charge in [0.05, 0.1) is 6.04 Å². The van der Waals surface area contributed by atoms with Gasteiger partial charge in [-0.2, -0.15) is 0 Å². The largest absolute Gasteiger partial charge is 0.342 e. The number of carbonyl (C=O) groups is 1. The molecule has 50 valence electrons. The molecule has 1 amide bonds. The molecule has 0 spiro atoms. The van der Waals surface area contributed by atoms with Crippen LogP contribution in [-0.4, -0.2) is 11.9 Å². The van der Waals surface area contributed by atoms with Gasteiger partial charge in [0.15, 0.2) is 0 Å². The van der Waals surface area contributed by atoms with Crippen LogP contribution in [0.3, 0.4) is 0 Å². The summed E-state index contributed by atoms with van der Waals surface area (Å²) >= 11 is 0. The molecule has 2 nitrogen and oxygen atoms in total. The minimum Gasteiger partial charge on any atom is -0.342 e. The van der Waals surface area contributed by atoms with Gasteiger partial charge in [0, 0.05) is 6.08 Å². The van der Waals surface area contributed by atoms with Crippen LogP contribution in [0.1, 0.15) is 0 Å². The zero-order valence-corrected chi connectivity index (χ0v) is 5.37. The van der Waals surface area contributed by atoms with Crippen LogP contribution in [0, 0.1) is 0 Å². The third-order valence-corrected chi connectivity index (χ3v) is 1.66. The Bertz CT molecular complexity index is 260. The topological polar surface area (TPSA) is 29.1 Å². The van der Waals surface area contributed by atoms with Gasteiger partial charge in [-0.15, -0.1) is 0 Å². The minimum absolute atomic E-state index is 0.0104. The van der Waals surface area contributed by atoms with Crippen molar-refractivity contribution in [1.29, 1.82) is 0 Å². The first-order valence-corrected chi connectivity index (χ1v) is 3.23. The number of rotatable bonds is 0. The van der Waals surface area contributed by atoms with Gasteiger partial charge in [0.1, 0.15) is 0 Å². The third kappa shape index (κ3) is 0.692. The summed E-state index contributed by atoms with van der Waals surface area (Å²) in [5, 5.41) is 2.79. The van der Waals surface area contributed by atoms with E-state index in [1.54, 1.807) is 6.08 Å². The molecule has 10 heavy (non-hydrogen) atoms. The van der Waals surface area contributed by atoms with Crippen LogP contribution >= 0.6 is 0 Å². The molecule has 0 aromatic carbocycles. The highest BCUT2D eigenvalue weighted by Crippen LogP contribution is 2.15. The molecule has 0 saturated heterocycles. The number of hydrogen-bond acceptors (Lipinski definition) is 1. The van der Waals surface area contributed by atoms with Crippen molar-refractivity contribution in [3.8, 4) is 0 Å². The minimum atomic E-state index is 0.0104. The van der Waals surface area contributed by atoms with E-state index in [1.807, 2.05) is 24.3 Å². The maximum absolute atomic E-state index is 10.8. The summed E-state index contributed by atoms with van der Waals surface area (Å²) in [4.78, 5) is 10.8. The van der Waals surface area contributed by atoms with Crippen molar-refractivity contribution in [2.75, 3.05) is 0 Å². The molecule has 0 bridgehead atoms. The molecule has 0 radical (unpaired) electrons. The maximum Gasteiger partial charge on any atom is 0.245 e. The fourth-order valence-electron chi connectivity index (χ4n) is 1.17. The van der Waals surface area contributed by atoms with Crippen LogP contribution in [0.25, 0.3) is 0 Å². The normalized spacial score (nSPS) is 27.8. The molecule has 1 atom stereocenters. The van der Waals surface area contributed by atoms with E-state index in [2.05, 4.69) is 5.32 Å². The summed E-state index contributed by atoms with van der Waals surface area (Å²) in [7, 11) is 0. The summed E-state index contributed by atoms with van der Waals surface area (Å²) in [5.74, 6) is 0.0104. The summed E-state index contributed by atoms with van der Waals surface area (Å²) in [6, 6.07) is 0.137. The Balaban J connectivity index is 2.37. The van der Waals surface area contributed by atoms with E-state index in [4.69, 9.17) is 0 Å². The number of allylic oxidation sites excluding steroid dienone is 2. The third-order valence-electron chi connectivity index (χ3n) is 1.66. The van der Waals surface area contributed by atoms with Gasteiger partial charge >= 0.3 is 0 Å². The smallest absolute Gasteiger partial charge is 0.245 e. The Labute approximate surface area is 58.9 Å². The second-order valence-corrected chi connectivity index (χ2v) is 2.37. The van der Waals surface area contributed by atoms with E-state index >= 15 is 0 Å². The van der Waals surface area contributed by atoms with Gasteiger partial charge in [-0.1, -0.05) is 24.3 Å². The van der Waals surface area contributed by atoms with Crippen LogP contribution in [0.5, 0.6) is 0 Å². The molecule has 2 heteroatoms. The van der Waals surface area contributed by atoms with E-state index in [-0.39, 0.29) is 11.9 Å². The molecule has 0 fully saturated rings. The van der Waals surface area contributed by atoms with Crippen molar-refractivity contribution in [2.24, 2.45) is 0 Å². The Kier molecular flexibility index (Phi) is 1.01. The number of nitrogens with one attached hydrogen (secondary N) is 1. The van der Waals surface area contributed by atoms with Gasteiger partial charge in [-0.05, 0) is 5.57 Å². The fraction of sp³-hybridized carbons (Fsp3) is 0.125. The quantitative estimate of drug-likeness (QED) is 0.513. The van der Waals surface area contributed by atoms with Crippen LogP contribution in [0.15, 0.2) is 36.0 Å².